The maximum Gasteiger partial charge on any atom is 0.194 e. The molecule has 0 saturated carbocycles. The Morgan fingerprint density at radius 1 is 1.27 bits per heavy atom. The highest BCUT2D eigenvalue weighted by atomic mass is 35.5. The van der Waals surface area contributed by atoms with Crippen molar-refractivity contribution in [1.29, 1.82) is 0 Å². The number of aryl methyl sites for hydroxylation is 1. The fraction of sp³-hybridized carbons (Fsp3) is 0.737. The van der Waals surface area contributed by atoms with Crippen molar-refractivity contribution in [2.45, 2.75) is 26.3 Å². The molecule has 0 radical (unpaired) electrons. The molecule has 1 aromatic heterocycles. The van der Waals surface area contributed by atoms with Crippen molar-refractivity contribution < 1.29 is 0 Å². The van der Waals surface area contributed by atoms with Gasteiger partial charge in [-0.05, 0) is 52.5 Å². The standard InChI is InChI=1S/C19H35ClN6/c1-5-21-19(25(4)16-18-14-17(20)15-24(18)3)22-8-6-10-26-11-7-9-23(2)12-13-26/h14-15H,5-13,16H2,1-4H3,(H,21,22). The summed E-state index contributed by atoms with van der Waals surface area (Å²) in [5.41, 5.74) is 1.18. The topological polar surface area (TPSA) is 39.0 Å². The van der Waals surface area contributed by atoms with Crippen molar-refractivity contribution in [2.75, 3.05) is 59.9 Å². The van der Waals surface area contributed by atoms with Crippen LogP contribution in [0.3, 0.4) is 0 Å². The van der Waals surface area contributed by atoms with E-state index in [1.165, 1.54) is 38.3 Å². The minimum Gasteiger partial charge on any atom is -0.357 e. The zero-order valence-corrected chi connectivity index (χ0v) is 17.6. The average Bonchev–Trinajstić information content (AvgIpc) is 2.78. The molecule has 6 nitrogen and oxygen atoms in total. The number of halogens is 1. The van der Waals surface area contributed by atoms with Crippen LogP contribution in [0, 0.1) is 0 Å². The van der Waals surface area contributed by atoms with Gasteiger partial charge in [-0.15, -0.1) is 0 Å². The fourth-order valence-electron chi connectivity index (χ4n) is 3.31. The zero-order chi connectivity index (χ0) is 18.9. The number of hydrogen-bond donors (Lipinski definition) is 1. The Bertz CT molecular complexity index is 570. The van der Waals surface area contributed by atoms with Crippen LogP contribution >= 0.6 is 11.6 Å². The molecule has 2 heterocycles. The normalized spacial score (nSPS) is 17.3. The van der Waals surface area contributed by atoms with Gasteiger partial charge in [0, 0.05) is 52.2 Å². The van der Waals surface area contributed by atoms with Gasteiger partial charge in [0.15, 0.2) is 5.96 Å². The Labute approximate surface area is 163 Å². The molecule has 26 heavy (non-hydrogen) atoms. The number of nitrogens with zero attached hydrogens (tertiary/aromatic N) is 5. The first kappa shape index (κ1) is 21.1. The summed E-state index contributed by atoms with van der Waals surface area (Å²) in [7, 11) is 6.32. The molecule has 2 rings (SSSR count). The molecule has 1 saturated heterocycles. The number of hydrogen-bond acceptors (Lipinski definition) is 3. The first-order valence-electron chi connectivity index (χ1n) is 9.70. The molecule has 0 amide bonds. The van der Waals surface area contributed by atoms with Crippen LogP contribution in [0.1, 0.15) is 25.5 Å². The molecule has 1 N–H and O–H groups in total. The Kier molecular flexibility index (Phi) is 8.75. The Morgan fingerprint density at radius 2 is 2.08 bits per heavy atom. The van der Waals surface area contributed by atoms with E-state index in [0.717, 1.165) is 43.6 Å². The van der Waals surface area contributed by atoms with Gasteiger partial charge in [-0.25, -0.2) is 0 Å². The summed E-state index contributed by atoms with van der Waals surface area (Å²) >= 11 is 6.09. The maximum absolute atomic E-state index is 6.09. The van der Waals surface area contributed by atoms with E-state index in [9.17, 15) is 0 Å². The van der Waals surface area contributed by atoms with E-state index in [2.05, 4.69) is 45.6 Å². The number of likely N-dealkylation sites (N-methyl/N-ethyl adjacent to an activating group) is 1. The van der Waals surface area contributed by atoms with Crippen molar-refractivity contribution >= 4 is 17.6 Å². The molecule has 148 valence electrons. The molecule has 0 spiro atoms. The predicted octanol–water partition coefficient (Wildman–Crippen LogP) is 2.10. The monoisotopic (exact) mass is 382 g/mol. The Balaban J connectivity index is 1.82. The lowest BCUT2D eigenvalue weighted by molar-refractivity contribution is 0.275. The summed E-state index contributed by atoms with van der Waals surface area (Å²) in [5.74, 6) is 0.959. The second-order valence-electron chi connectivity index (χ2n) is 7.20. The van der Waals surface area contributed by atoms with Crippen LogP contribution in [-0.2, 0) is 13.6 Å². The van der Waals surface area contributed by atoms with Gasteiger partial charge < -0.3 is 24.6 Å². The molecule has 0 aromatic carbocycles. The Morgan fingerprint density at radius 3 is 2.77 bits per heavy atom. The van der Waals surface area contributed by atoms with Crippen LogP contribution in [0.4, 0.5) is 0 Å². The summed E-state index contributed by atoms with van der Waals surface area (Å²) in [4.78, 5) is 12.0. The van der Waals surface area contributed by atoms with Crippen LogP contribution in [-0.4, -0.2) is 85.1 Å². The van der Waals surface area contributed by atoms with Crippen molar-refractivity contribution in [3.05, 3.63) is 23.0 Å². The largest absolute Gasteiger partial charge is 0.357 e. The van der Waals surface area contributed by atoms with Crippen molar-refractivity contribution in [1.82, 2.24) is 24.6 Å². The van der Waals surface area contributed by atoms with Gasteiger partial charge in [0.2, 0.25) is 0 Å². The third-order valence-electron chi connectivity index (χ3n) is 4.88. The lowest BCUT2D eigenvalue weighted by Crippen LogP contribution is -2.39. The first-order chi connectivity index (χ1) is 12.5. The third kappa shape index (κ3) is 6.82. The van der Waals surface area contributed by atoms with Crippen molar-refractivity contribution in [2.24, 2.45) is 12.0 Å². The average molecular weight is 383 g/mol. The number of aliphatic imine (C=N–C) groups is 1. The van der Waals surface area contributed by atoms with Gasteiger partial charge in [-0.2, -0.15) is 0 Å². The van der Waals surface area contributed by atoms with Gasteiger partial charge in [0.05, 0.1) is 11.6 Å². The SMILES string of the molecule is CCNC(=NCCCN1CCCN(C)CC1)N(C)Cc1cc(Cl)cn1C. The van der Waals surface area contributed by atoms with Gasteiger partial charge in [-0.3, -0.25) is 4.99 Å². The number of guanidine groups is 1. The van der Waals surface area contributed by atoms with E-state index in [0.29, 0.717) is 0 Å². The minimum absolute atomic E-state index is 0.779. The number of rotatable bonds is 7. The lowest BCUT2D eigenvalue weighted by atomic mass is 10.3. The van der Waals surface area contributed by atoms with E-state index in [4.69, 9.17) is 16.6 Å². The van der Waals surface area contributed by atoms with Gasteiger partial charge >= 0.3 is 0 Å². The second kappa shape index (κ2) is 10.8. The van der Waals surface area contributed by atoms with Gasteiger partial charge in [0.25, 0.3) is 0 Å². The molecule has 1 aliphatic heterocycles. The van der Waals surface area contributed by atoms with E-state index >= 15 is 0 Å². The number of nitrogens with one attached hydrogen (secondary N) is 1. The van der Waals surface area contributed by atoms with Crippen LogP contribution in [0.25, 0.3) is 0 Å². The predicted molar refractivity (Wildman–Crippen MR) is 111 cm³/mol. The molecule has 7 heteroatoms. The van der Waals surface area contributed by atoms with Crippen LogP contribution in [0.15, 0.2) is 17.3 Å². The van der Waals surface area contributed by atoms with Gasteiger partial charge in [-0.1, -0.05) is 11.6 Å². The zero-order valence-electron chi connectivity index (χ0n) is 16.8. The summed E-state index contributed by atoms with van der Waals surface area (Å²) in [5, 5.41) is 4.18. The fourth-order valence-corrected chi connectivity index (χ4v) is 3.59. The van der Waals surface area contributed by atoms with Crippen molar-refractivity contribution in [3.8, 4) is 0 Å². The molecule has 1 aromatic rings. The molecule has 1 fully saturated rings. The van der Waals surface area contributed by atoms with E-state index in [-0.39, 0.29) is 0 Å². The molecule has 0 bridgehead atoms. The van der Waals surface area contributed by atoms with E-state index < -0.39 is 0 Å². The molecular formula is C19H35ClN6. The highest BCUT2D eigenvalue weighted by molar-refractivity contribution is 6.30. The first-order valence-corrected chi connectivity index (χ1v) is 10.1. The van der Waals surface area contributed by atoms with Crippen molar-refractivity contribution in [3.63, 3.8) is 0 Å². The Hall–Kier alpha value is -1.24. The number of aromatic nitrogens is 1. The molecule has 1 aliphatic rings. The third-order valence-corrected chi connectivity index (χ3v) is 5.08. The van der Waals surface area contributed by atoms with Crippen LogP contribution in [0.5, 0.6) is 0 Å². The summed E-state index contributed by atoms with van der Waals surface area (Å²) in [6.07, 6.45) is 4.31. The van der Waals surface area contributed by atoms with E-state index in [1.807, 2.05) is 19.3 Å². The lowest BCUT2D eigenvalue weighted by Gasteiger charge is -2.23. The van der Waals surface area contributed by atoms with Crippen LogP contribution in [0.2, 0.25) is 5.02 Å². The summed E-state index contributed by atoms with van der Waals surface area (Å²) in [6, 6.07) is 2.01. The maximum atomic E-state index is 6.09. The molecule has 0 aliphatic carbocycles. The summed E-state index contributed by atoms with van der Waals surface area (Å²) in [6.45, 7) is 10.5. The summed E-state index contributed by atoms with van der Waals surface area (Å²) < 4.78 is 2.07. The highest BCUT2D eigenvalue weighted by Gasteiger charge is 2.12. The van der Waals surface area contributed by atoms with Crippen LogP contribution < -0.4 is 5.32 Å². The second-order valence-corrected chi connectivity index (χ2v) is 7.64. The minimum atomic E-state index is 0.779. The molecular weight excluding hydrogens is 348 g/mol. The molecule has 0 unspecified atom stereocenters. The quantitative estimate of drug-likeness (QED) is 0.445. The van der Waals surface area contributed by atoms with E-state index in [1.54, 1.807) is 0 Å². The highest BCUT2D eigenvalue weighted by Crippen LogP contribution is 2.14. The van der Waals surface area contributed by atoms with Gasteiger partial charge in [0.1, 0.15) is 0 Å². The molecule has 0 atom stereocenters. The smallest absolute Gasteiger partial charge is 0.194 e.